The number of fused-ring (bicyclic) bond motifs is 6. The molecule has 2 unspecified atom stereocenters. The number of aldehydes is 2. The zero-order valence-corrected chi connectivity index (χ0v) is 62.1. The van der Waals surface area contributed by atoms with Gasteiger partial charge >= 0.3 is 0 Å². The summed E-state index contributed by atoms with van der Waals surface area (Å²) in [4.78, 5) is 22.0. The number of carbonyl (C=O) groups excluding carboxylic acids is 2. The van der Waals surface area contributed by atoms with Crippen molar-refractivity contribution in [2.75, 3.05) is 26.4 Å². The first kappa shape index (κ1) is 76.5. The normalized spacial score (nSPS) is 47.5. The van der Waals surface area contributed by atoms with Gasteiger partial charge in [-0.3, -0.25) is 0 Å². The molecule has 0 aromatic rings. The molecule has 12 aliphatic carbocycles. The smallest absolute Gasteiger partial charge is 0.123 e. The van der Waals surface area contributed by atoms with Crippen LogP contribution in [0.3, 0.4) is 0 Å². The number of rotatable bonds is 12. The van der Waals surface area contributed by atoms with E-state index in [1.807, 2.05) is 0 Å². The Balaban J connectivity index is 0.000000154. The van der Waals surface area contributed by atoms with Gasteiger partial charge in [0.2, 0.25) is 0 Å². The average molecular weight is 1260 g/mol. The van der Waals surface area contributed by atoms with Crippen LogP contribution in [0.5, 0.6) is 0 Å². The maximum absolute atomic E-state index is 11.0. The molecule has 90 heavy (non-hydrogen) atoms. The summed E-state index contributed by atoms with van der Waals surface area (Å²) in [5.41, 5.74) is 2.86. The predicted molar refractivity (Wildman–Crippen MR) is 376 cm³/mol. The van der Waals surface area contributed by atoms with Crippen molar-refractivity contribution in [1.29, 1.82) is 0 Å². The van der Waals surface area contributed by atoms with Crippen LogP contribution in [0.4, 0.5) is 0 Å². The minimum Gasteiger partial charge on any atom is -0.396 e. The minimum atomic E-state index is -0.0837. The van der Waals surface area contributed by atoms with E-state index in [0.717, 1.165) is 96.2 Å². The zero-order valence-electron chi connectivity index (χ0n) is 62.1. The lowest BCUT2D eigenvalue weighted by Crippen LogP contribution is -2.41. The van der Waals surface area contributed by atoms with Crippen molar-refractivity contribution < 1.29 is 35.1 Å². The van der Waals surface area contributed by atoms with Crippen molar-refractivity contribution in [1.82, 2.24) is 0 Å². The summed E-state index contributed by atoms with van der Waals surface area (Å²) in [6.07, 6.45) is 42.6. The predicted octanol–water partition coefficient (Wildman–Crippen LogP) is 19.9. The first-order valence-electron chi connectivity index (χ1n) is 39.6. The van der Waals surface area contributed by atoms with Crippen LogP contribution in [0.2, 0.25) is 0 Å². The van der Waals surface area contributed by atoms with Crippen molar-refractivity contribution in [3.05, 3.63) is 0 Å². The minimum absolute atomic E-state index is 0.0837. The van der Waals surface area contributed by atoms with Crippen LogP contribution in [0.15, 0.2) is 0 Å². The third-order valence-electron chi connectivity index (χ3n) is 32.5. The molecule has 0 saturated heterocycles. The third kappa shape index (κ3) is 15.7. The van der Waals surface area contributed by atoms with E-state index in [1.54, 1.807) is 0 Å². The second-order valence-corrected chi connectivity index (χ2v) is 37.2. The first-order chi connectivity index (χ1) is 42.6. The van der Waals surface area contributed by atoms with Gasteiger partial charge in [0, 0.05) is 38.3 Å². The van der Waals surface area contributed by atoms with Crippen LogP contribution < -0.4 is 0 Å². The van der Waals surface area contributed by atoms with Gasteiger partial charge in [0.15, 0.2) is 0 Å². The average Bonchev–Trinajstić information content (AvgIpc) is 1.70. The van der Waals surface area contributed by atoms with Crippen LogP contribution in [0.1, 0.15) is 310 Å². The molecule has 12 fully saturated rings. The Bertz CT molecular complexity index is 1920. The largest absolute Gasteiger partial charge is 0.396 e. The van der Waals surface area contributed by atoms with Gasteiger partial charge in [-0.2, -0.15) is 0 Å². The monoisotopic (exact) mass is 1260 g/mol. The van der Waals surface area contributed by atoms with Gasteiger partial charge in [-0.25, -0.2) is 0 Å². The second kappa shape index (κ2) is 32.7. The molecule has 0 heterocycles. The Morgan fingerprint density at radius 1 is 0.300 bits per heavy atom. The lowest BCUT2D eigenvalue weighted by atomic mass is 9.60. The summed E-state index contributed by atoms with van der Waals surface area (Å²) in [5.74, 6) is 16.3. The number of aliphatic hydroxyl groups excluding tert-OH is 5. The molecule has 0 aromatic heterocycles. The first-order valence-corrected chi connectivity index (χ1v) is 39.6. The lowest BCUT2D eigenvalue weighted by Gasteiger charge is -2.45. The fraction of sp³-hybridized carbons (Fsp3) is 0.976. The highest BCUT2D eigenvalue weighted by Crippen LogP contribution is 2.64. The maximum atomic E-state index is 11.0. The van der Waals surface area contributed by atoms with Crippen molar-refractivity contribution >= 4 is 12.6 Å². The molecule has 0 amide bonds. The molecule has 0 spiro atoms. The number of carbonyl (C=O) groups is 2. The van der Waals surface area contributed by atoms with Crippen LogP contribution in [-0.2, 0) is 9.59 Å². The molecule has 524 valence electrons. The Hall–Kier alpha value is -0.860. The van der Waals surface area contributed by atoms with E-state index in [2.05, 4.69) is 118 Å². The summed E-state index contributed by atoms with van der Waals surface area (Å²) < 4.78 is 0. The lowest BCUT2D eigenvalue weighted by molar-refractivity contribution is -0.114. The second-order valence-electron chi connectivity index (χ2n) is 37.2. The van der Waals surface area contributed by atoms with Crippen molar-refractivity contribution in [3.63, 3.8) is 0 Å². The SMILES string of the molecule is CC(C=O)C1CC[C@H]2[C@@H](C)CCC[C@]12C.C[C@@H](CO)[C@H]1CC[C@H]2[C@@H](C)CCC[C@]12C.C[C@H](C=O)[C@H]1CC[C@H]2[C@@H](C)CCC[C@]12C.C[C@H](CO)[C@H]1CC[C@H]2[C@@H](C)CCC[C@]12C.C[C@H](CO)[C@H]1CC[C@H]2[C@@H](C)CCC[C@]12C.C[C@H](CO)[C@H]1CC[C@H]2[C@@H](O)CCC[C@]12C. The summed E-state index contributed by atoms with van der Waals surface area (Å²) in [6, 6.07) is 0. The molecule has 7 heteroatoms. The molecule has 12 rings (SSSR count). The van der Waals surface area contributed by atoms with E-state index in [1.165, 1.54) is 186 Å². The number of hydrogen-bond acceptors (Lipinski definition) is 7. The van der Waals surface area contributed by atoms with Gasteiger partial charge in [0.25, 0.3) is 0 Å². The maximum Gasteiger partial charge on any atom is 0.123 e. The Kier molecular flexibility index (Phi) is 27.8. The van der Waals surface area contributed by atoms with E-state index in [-0.39, 0.29) is 17.9 Å². The van der Waals surface area contributed by atoms with Crippen LogP contribution in [-0.4, -0.2) is 70.6 Å². The summed E-state index contributed by atoms with van der Waals surface area (Å²) in [6.45, 7) is 41.4. The van der Waals surface area contributed by atoms with Gasteiger partial charge < -0.3 is 35.1 Å². The summed E-state index contributed by atoms with van der Waals surface area (Å²) in [7, 11) is 0. The highest BCUT2D eigenvalue weighted by atomic mass is 16.3. The van der Waals surface area contributed by atoms with E-state index in [0.29, 0.717) is 106 Å². The topological polar surface area (TPSA) is 135 Å². The third-order valence-corrected chi connectivity index (χ3v) is 32.5. The van der Waals surface area contributed by atoms with Gasteiger partial charge in [0.05, 0.1) is 6.10 Å². The molecule has 7 nitrogen and oxygen atoms in total. The fourth-order valence-electron chi connectivity index (χ4n) is 27.4. The molecular weight excluding hydrogens is 1110 g/mol. The van der Waals surface area contributed by atoms with Gasteiger partial charge in [-0.05, 0) is 279 Å². The van der Waals surface area contributed by atoms with Gasteiger partial charge in [-0.1, -0.05) is 188 Å². The molecule has 12 aliphatic rings. The molecule has 0 bridgehead atoms. The molecular formula is C83H150O7. The van der Waals surface area contributed by atoms with Crippen molar-refractivity contribution in [2.45, 2.75) is 316 Å². The zero-order chi connectivity index (χ0) is 66.3. The van der Waals surface area contributed by atoms with Crippen molar-refractivity contribution in [3.8, 4) is 0 Å². The molecule has 12 saturated carbocycles. The summed E-state index contributed by atoms with van der Waals surface area (Å²) in [5, 5.41) is 47.5. The Labute approximate surface area is 556 Å². The van der Waals surface area contributed by atoms with Gasteiger partial charge in [-0.15, -0.1) is 0 Å². The fourth-order valence-corrected chi connectivity index (χ4v) is 27.4. The van der Waals surface area contributed by atoms with E-state index in [4.69, 9.17) is 0 Å². The molecule has 30 atom stereocenters. The quantitative estimate of drug-likeness (QED) is 0.123. The summed E-state index contributed by atoms with van der Waals surface area (Å²) >= 11 is 0. The molecule has 5 N–H and O–H groups in total. The Morgan fingerprint density at radius 3 is 0.711 bits per heavy atom. The van der Waals surface area contributed by atoms with Crippen LogP contribution in [0.25, 0.3) is 0 Å². The standard InChI is InChI=1S/3C14H26O.2C14H24O.C13H24O2/c5*1-10-5-4-8-14(3)12(10)6-7-13(14)11(2)9-15;1-9(8-14)10-5-6-11-12(15)4-3-7-13(10,11)2/h3*10-13,15H,4-9H2,1-3H3;2*9-13H,4-8H2,1-3H3;9-12,14-15H,3-8H2,1-2H3/t2*10-,11+,12-,13+,14-;10-,11-,12-,13+,14-;10-,11?,12-,13?,14-;10-,11+,12-,13+,14-;9-,10-,11+,12+,13-/m000001/s1. The van der Waals surface area contributed by atoms with Crippen LogP contribution in [0, 0.1) is 169 Å². The highest BCUT2D eigenvalue weighted by Gasteiger charge is 2.57. The van der Waals surface area contributed by atoms with E-state index in [9.17, 15) is 35.1 Å². The number of aliphatic hydroxyl groups is 5. The molecule has 0 radical (unpaired) electrons. The van der Waals surface area contributed by atoms with Crippen molar-refractivity contribution in [2.24, 2.45) is 169 Å². The van der Waals surface area contributed by atoms with Gasteiger partial charge in [0.1, 0.15) is 12.6 Å². The molecule has 0 aliphatic heterocycles. The highest BCUT2D eigenvalue weighted by molar-refractivity contribution is 5.54. The number of hydrogen-bond donors (Lipinski definition) is 5. The van der Waals surface area contributed by atoms with E-state index < -0.39 is 0 Å². The van der Waals surface area contributed by atoms with E-state index >= 15 is 0 Å². The van der Waals surface area contributed by atoms with Crippen LogP contribution >= 0.6 is 0 Å². The molecule has 0 aromatic carbocycles. The Morgan fingerprint density at radius 2 is 0.489 bits per heavy atom.